The fourth-order valence-electron chi connectivity index (χ4n) is 2.18. The molecule has 1 atom stereocenters. The second-order valence-corrected chi connectivity index (χ2v) is 5.98. The van der Waals surface area contributed by atoms with Crippen LogP contribution in [0, 0.1) is 5.41 Å². The number of likely N-dealkylation sites (tertiary alicyclic amines) is 1. The van der Waals surface area contributed by atoms with Gasteiger partial charge in [0.15, 0.2) is 0 Å². The molecule has 7 heteroatoms. The summed E-state index contributed by atoms with van der Waals surface area (Å²) in [6, 6.07) is 6.67. The van der Waals surface area contributed by atoms with Gasteiger partial charge in [-0.3, -0.25) is 15.0 Å². The van der Waals surface area contributed by atoms with Crippen LogP contribution in [-0.4, -0.2) is 41.7 Å². The van der Waals surface area contributed by atoms with Crippen LogP contribution in [0.25, 0.3) is 0 Å². The number of carbonyl (C=O) groups is 2. The van der Waals surface area contributed by atoms with E-state index in [1.165, 1.54) is 24.2 Å². The maximum Gasteiger partial charge on any atom is 0.243 e. The average molecular weight is 331 g/mol. The third-order valence-electron chi connectivity index (χ3n) is 3.90. The smallest absolute Gasteiger partial charge is 0.243 e. The average Bonchev–Trinajstić information content (AvgIpc) is 3.41. The summed E-state index contributed by atoms with van der Waals surface area (Å²) in [5.41, 5.74) is 12.2. The van der Waals surface area contributed by atoms with E-state index in [-0.39, 0.29) is 24.2 Å². The van der Waals surface area contributed by atoms with Crippen molar-refractivity contribution in [1.29, 1.82) is 5.41 Å². The van der Waals surface area contributed by atoms with E-state index in [2.05, 4.69) is 5.32 Å². The van der Waals surface area contributed by atoms with Crippen LogP contribution in [0.3, 0.4) is 0 Å². The zero-order valence-corrected chi connectivity index (χ0v) is 13.8. The second kappa shape index (κ2) is 8.44. The van der Waals surface area contributed by atoms with Gasteiger partial charge in [0.05, 0.1) is 6.54 Å². The molecule has 1 heterocycles. The Bertz CT molecular complexity index is 595. The number of nitrogens with zero attached hydrogens (tertiary/aromatic N) is 1. The van der Waals surface area contributed by atoms with Gasteiger partial charge in [-0.05, 0) is 12.0 Å². The third-order valence-corrected chi connectivity index (χ3v) is 3.90. The summed E-state index contributed by atoms with van der Waals surface area (Å²) in [5.74, 6) is -0.359. The van der Waals surface area contributed by atoms with Crippen LogP contribution < -0.4 is 16.8 Å². The molecule has 2 aliphatic rings. The highest BCUT2D eigenvalue weighted by atomic mass is 16.2. The minimum absolute atomic E-state index is 0.0102. The number of carbonyl (C=O) groups excluding carboxylic acids is 2. The van der Waals surface area contributed by atoms with Gasteiger partial charge in [-0.1, -0.05) is 43.5 Å². The molecule has 0 radical (unpaired) electrons. The summed E-state index contributed by atoms with van der Waals surface area (Å²) < 4.78 is 0. The summed E-state index contributed by atoms with van der Waals surface area (Å²) in [6.45, 7) is 0.885. The van der Waals surface area contributed by atoms with E-state index >= 15 is 0 Å². The van der Waals surface area contributed by atoms with Gasteiger partial charge in [-0.15, -0.1) is 0 Å². The van der Waals surface area contributed by atoms with E-state index in [0.717, 1.165) is 5.56 Å². The number of nitrogens with two attached hydrogens (primary N) is 2. The van der Waals surface area contributed by atoms with Gasteiger partial charge in [0, 0.05) is 18.7 Å². The fourth-order valence-corrected chi connectivity index (χ4v) is 2.18. The standard InChI is InChI=1S/C14H19N5O2.C3H6/c15-7-12(20)19-6-5-11(19)14(21)18-8-9-1-3-10(4-2-9)13(16)17;1-2-3-1/h1-4,11H,5-8,15H2,(H3,16,17)(H,18,21);1-3H2. The maximum atomic E-state index is 12.0. The highest BCUT2D eigenvalue weighted by Crippen LogP contribution is 2.17. The van der Waals surface area contributed by atoms with Crippen molar-refractivity contribution in [1.82, 2.24) is 10.2 Å². The first-order valence-corrected chi connectivity index (χ1v) is 8.23. The maximum absolute atomic E-state index is 12.0. The number of hydrogen-bond donors (Lipinski definition) is 4. The first kappa shape index (κ1) is 17.9. The number of amides is 2. The monoisotopic (exact) mass is 331 g/mol. The lowest BCUT2D eigenvalue weighted by molar-refractivity contribution is -0.146. The van der Waals surface area contributed by atoms with Crippen LogP contribution >= 0.6 is 0 Å². The minimum atomic E-state index is -0.405. The molecule has 1 aliphatic carbocycles. The van der Waals surface area contributed by atoms with E-state index in [0.29, 0.717) is 25.1 Å². The molecule has 0 spiro atoms. The van der Waals surface area contributed by atoms with Crippen LogP contribution in [0.4, 0.5) is 0 Å². The van der Waals surface area contributed by atoms with Crippen molar-refractivity contribution in [3.8, 4) is 0 Å². The van der Waals surface area contributed by atoms with E-state index in [4.69, 9.17) is 16.9 Å². The van der Waals surface area contributed by atoms with Crippen molar-refractivity contribution in [2.24, 2.45) is 11.5 Å². The number of benzene rings is 1. The molecule has 1 aliphatic heterocycles. The Morgan fingerprint density at radius 2 is 1.83 bits per heavy atom. The van der Waals surface area contributed by atoms with Crippen molar-refractivity contribution >= 4 is 17.6 Å². The van der Waals surface area contributed by atoms with E-state index in [9.17, 15) is 9.59 Å². The molecule has 2 amide bonds. The second-order valence-electron chi connectivity index (χ2n) is 5.98. The molecule has 1 saturated carbocycles. The lowest BCUT2D eigenvalue weighted by atomic mass is 10.0. The van der Waals surface area contributed by atoms with Crippen molar-refractivity contribution < 1.29 is 9.59 Å². The van der Waals surface area contributed by atoms with Gasteiger partial charge in [0.25, 0.3) is 0 Å². The zero-order chi connectivity index (χ0) is 17.5. The van der Waals surface area contributed by atoms with E-state index < -0.39 is 6.04 Å². The normalized spacial score (nSPS) is 17.9. The Morgan fingerprint density at radius 1 is 1.21 bits per heavy atom. The molecule has 0 bridgehead atoms. The summed E-state index contributed by atoms with van der Waals surface area (Å²) >= 11 is 0. The number of hydrogen-bond acceptors (Lipinski definition) is 4. The first-order chi connectivity index (χ1) is 11.5. The van der Waals surface area contributed by atoms with Crippen LogP contribution in [0.1, 0.15) is 36.8 Å². The van der Waals surface area contributed by atoms with Gasteiger partial charge in [-0.25, -0.2) is 0 Å². The molecular formula is C17H25N5O2. The van der Waals surface area contributed by atoms with Crippen molar-refractivity contribution in [2.75, 3.05) is 13.1 Å². The Hall–Kier alpha value is -2.41. The van der Waals surface area contributed by atoms with Gasteiger partial charge in [0.2, 0.25) is 11.8 Å². The van der Waals surface area contributed by atoms with Crippen LogP contribution in [0.2, 0.25) is 0 Å². The molecule has 1 unspecified atom stereocenters. The van der Waals surface area contributed by atoms with Gasteiger partial charge in [0.1, 0.15) is 11.9 Å². The van der Waals surface area contributed by atoms with Crippen LogP contribution in [0.5, 0.6) is 0 Å². The Balaban J connectivity index is 0.000000623. The van der Waals surface area contributed by atoms with Crippen molar-refractivity contribution in [3.05, 3.63) is 35.4 Å². The molecule has 2 fully saturated rings. The number of nitrogen functional groups attached to an aromatic ring is 1. The minimum Gasteiger partial charge on any atom is -0.384 e. The lowest BCUT2D eigenvalue weighted by Crippen LogP contribution is -2.59. The Kier molecular flexibility index (Phi) is 6.31. The molecule has 1 aromatic carbocycles. The van der Waals surface area contributed by atoms with Crippen LogP contribution in [-0.2, 0) is 16.1 Å². The van der Waals surface area contributed by atoms with Crippen molar-refractivity contribution in [3.63, 3.8) is 0 Å². The molecule has 3 rings (SSSR count). The molecular weight excluding hydrogens is 306 g/mol. The molecule has 1 saturated heterocycles. The lowest BCUT2D eigenvalue weighted by Gasteiger charge is -2.39. The van der Waals surface area contributed by atoms with E-state index in [1.54, 1.807) is 24.3 Å². The summed E-state index contributed by atoms with van der Waals surface area (Å²) in [4.78, 5) is 25.0. The predicted octanol–water partition coefficient (Wildman–Crippen LogP) is 0.317. The van der Waals surface area contributed by atoms with Gasteiger partial charge < -0.3 is 21.7 Å². The number of amidine groups is 1. The summed E-state index contributed by atoms with van der Waals surface area (Å²) in [5, 5.41) is 10.1. The highest BCUT2D eigenvalue weighted by Gasteiger charge is 2.36. The predicted molar refractivity (Wildman–Crippen MR) is 92.3 cm³/mol. The quantitative estimate of drug-likeness (QED) is 0.458. The molecule has 130 valence electrons. The summed E-state index contributed by atoms with van der Waals surface area (Å²) in [7, 11) is 0. The topological polar surface area (TPSA) is 125 Å². The summed E-state index contributed by atoms with van der Waals surface area (Å²) in [6.07, 6.45) is 5.17. The Morgan fingerprint density at radius 3 is 2.25 bits per heavy atom. The molecule has 6 N–H and O–H groups in total. The SMILES string of the molecule is C1CC1.N=C(N)c1ccc(CNC(=O)C2CCN2C(=O)CN)cc1. The molecule has 1 aromatic rings. The van der Waals surface area contributed by atoms with Crippen molar-refractivity contribution in [2.45, 2.75) is 38.3 Å². The molecule has 0 aromatic heterocycles. The third kappa shape index (κ3) is 5.06. The van der Waals surface area contributed by atoms with Crippen LogP contribution in [0.15, 0.2) is 24.3 Å². The number of nitrogens with one attached hydrogen (secondary N) is 2. The van der Waals surface area contributed by atoms with E-state index in [1.807, 2.05) is 0 Å². The molecule has 24 heavy (non-hydrogen) atoms. The number of rotatable bonds is 5. The Labute approximate surface area is 141 Å². The fraction of sp³-hybridized carbons (Fsp3) is 0.471. The zero-order valence-electron chi connectivity index (χ0n) is 13.8. The highest BCUT2D eigenvalue weighted by molar-refractivity contribution is 5.95. The first-order valence-electron chi connectivity index (χ1n) is 8.23. The largest absolute Gasteiger partial charge is 0.384 e. The molecule has 7 nitrogen and oxygen atoms in total. The van der Waals surface area contributed by atoms with Gasteiger partial charge in [-0.2, -0.15) is 0 Å². The van der Waals surface area contributed by atoms with Gasteiger partial charge >= 0.3 is 0 Å².